The van der Waals surface area contributed by atoms with Crippen LogP contribution in [-0.4, -0.2) is 46.9 Å². The van der Waals surface area contributed by atoms with E-state index in [0.717, 1.165) is 19.3 Å². The highest BCUT2D eigenvalue weighted by atomic mass is 16.5. The Morgan fingerprint density at radius 3 is 2.44 bits per heavy atom. The molecule has 0 radical (unpaired) electrons. The Morgan fingerprint density at radius 1 is 1.06 bits per heavy atom. The number of carbonyl (C=O) groups is 4. The van der Waals surface area contributed by atoms with Crippen molar-refractivity contribution in [2.75, 3.05) is 6.61 Å². The number of rotatable bonds is 4. The van der Waals surface area contributed by atoms with Crippen molar-refractivity contribution in [3.8, 4) is 0 Å². The zero-order chi connectivity index (χ0) is 23.5. The van der Waals surface area contributed by atoms with Crippen molar-refractivity contribution in [3.05, 3.63) is 0 Å². The maximum Gasteiger partial charge on any atom is 0.303 e. The van der Waals surface area contributed by atoms with Gasteiger partial charge in [-0.2, -0.15) is 0 Å². The molecule has 178 valence electrons. The monoisotopic (exact) mass is 448 g/mol. The fourth-order valence-corrected chi connectivity index (χ4v) is 8.21. The first-order valence-electron chi connectivity index (χ1n) is 12.0. The number of Topliss-reactive ketones (excluding diaryl/α,β-unsaturated/α-hetero) is 2. The summed E-state index contributed by atoms with van der Waals surface area (Å²) in [5, 5.41) is 11.7. The van der Waals surface area contributed by atoms with Gasteiger partial charge in [-0.15, -0.1) is 0 Å². The molecular formula is C25H36O7. The molecule has 0 aromatic rings. The van der Waals surface area contributed by atoms with E-state index in [2.05, 4.69) is 6.92 Å². The zero-order valence-electron chi connectivity index (χ0n) is 19.6. The smallest absolute Gasteiger partial charge is 0.303 e. The molecule has 0 bridgehead atoms. The summed E-state index contributed by atoms with van der Waals surface area (Å²) in [6.45, 7) is 6.41. The van der Waals surface area contributed by atoms with Crippen LogP contribution in [0.1, 0.15) is 79.1 Å². The van der Waals surface area contributed by atoms with Crippen molar-refractivity contribution in [1.29, 1.82) is 0 Å². The molecule has 0 aliphatic heterocycles. The van der Waals surface area contributed by atoms with Crippen molar-refractivity contribution >= 4 is 23.5 Å². The van der Waals surface area contributed by atoms with Gasteiger partial charge in [0.15, 0.2) is 6.61 Å². The maximum atomic E-state index is 13.1. The van der Waals surface area contributed by atoms with Crippen LogP contribution in [0.4, 0.5) is 0 Å². The molecule has 0 aromatic carbocycles. The Balaban J connectivity index is 1.70. The molecule has 4 rings (SSSR count). The van der Waals surface area contributed by atoms with Gasteiger partial charge in [-0.1, -0.05) is 13.8 Å². The molecule has 0 amide bonds. The predicted octanol–water partition coefficient (Wildman–Crippen LogP) is 3.00. The summed E-state index contributed by atoms with van der Waals surface area (Å²) in [5.41, 5.74) is -2.48. The van der Waals surface area contributed by atoms with Gasteiger partial charge in [-0.05, 0) is 61.7 Å². The number of hydrogen-bond donors (Lipinski definition) is 1. The molecular weight excluding hydrogens is 412 g/mol. The Labute approximate surface area is 189 Å². The van der Waals surface area contributed by atoms with E-state index < -0.39 is 35.5 Å². The molecule has 4 aliphatic rings. The first-order valence-corrected chi connectivity index (χ1v) is 12.0. The van der Waals surface area contributed by atoms with Crippen molar-refractivity contribution in [1.82, 2.24) is 0 Å². The zero-order valence-corrected chi connectivity index (χ0v) is 19.6. The first-order chi connectivity index (χ1) is 14.9. The Morgan fingerprint density at radius 2 is 1.78 bits per heavy atom. The van der Waals surface area contributed by atoms with Gasteiger partial charge >= 0.3 is 11.9 Å². The molecule has 4 saturated carbocycles. The van der Waals surface area contributed by atoms with Crippen LogP contribution < -0.4 is 0 Å². The minimum absolute atomic E-state index is 0.0965. The topological polar surface area (TPSA) is 107 Å². The molecule has 0 aromatic heterocycles. The fourth-order valence-electron chi connectivity index (χ4n) is 8.21. The lowest BCUT2D eigenvalue weighted by atomic mass is 9.43. The van der Waals surface area contributed by atoms with E-state index in [4.69, 9.17) is 9.47 Å². The van der Waals surface area contributed by atoms with Crippen LogP contribution in [0.15, 0.2) is 0 Å². The van der Waals surface area contributed by atoms with E-state index in [1.807, 2.05) is 6.92 Å². The third-order valence-electron chi connectivity index (χ3n) is 9.73. The Kier molecular flexibility index (Phi) is 5.80. The molecule has 1 N–H and O–H groups in total. The molecule has 0 heterocycles. The second-order valence-electron chi connectivity index (χ2n) is 11.2. The number of carbonyl (C=O) groups excluding carboxylic acids is 4. The summed E-state index contributed by atoms with van der Waals surface area (Å²) >= 11 is 0. The third-order valence-corrected chi connectivity index (χ3v) is 9.73. The van der Waals surface area contributed by atoms with E-state index in [1.165, 1.54) is 13.8 Å². The van der Waals surface area contributed by atoms with E-state index in [0.29, 0.717) is 43.8 Å². The fraction of sp³-hybridized carbons (Fsp3) is 0.840. The van der Waals surface area contributed by atoms with Gasteiger partial charge in [0.05, 0.1) is 0 Å². The summed E-state index contributed by atoms with van der Waals surface area (Å²) in [6.07, 6.45) is 4.84. The predicted molar refractivity (Wildman–Crippen MR) is 114 cm³/mol. The lowest BCUT2D eigenvalue weighted by Gasteiger charge is -2.62. The van der Waals surface area contributed by atoms with E-state index in [-0.39, 0.29) is 29.1 Å². The van der Waals surface area contributed by atoms with Crippen LogP contribution in [0, 0.1) is 34.5 Å². The summed E-state index contributed by atoms with van der Waals surface area (Å²) in [5.74, 6) is -0.338. The summed E-state index contributed by atoms with van der Waals surface area (Å²) in [7, 11) is 0. The molecule has 7 nitrogen and oxygen atoms in total. The molecule has 32 heavy (non-hydrogen) atoms. The van der Waals surface area contributed by atoms with Crippen LogP contribution in [0.3, 0.4) is 0 Å². The van der Waals surface area contributed by atoms with Gasteiger partial charge in [0, 0.05) is 38.0 Å². The SMILES string of the molecule is CC(=O)OCC(=O)[C@@]1(O)CC[C@H]2[C@@H]3CCC4CC(=O)CC[C@]4(C)[C@H]3[C@H](OC(C)=O)C[C@@]21C. The maximum absolute atomic E-state index is 13.1. The van der Waals surface area contributed by atoms with Crippen LogP contribution >= 0.6 is 0 Å². The molecule has 8 atom stereocenters. The number of aliphatic hydroxyl groups is 1. The van der Waals surface area contributed by atoms with Crippen LogP contribution in [0.25, 0.3) is 0 Å². The quantitative estimate of drug-likeness (QED) is 0.659. The average molecular weight is 449 g/mol. The van der Waals surface area contributed by atoms with Crippen molar-refractivity contribution in [2.45, 2.75) is 90.8 Å². The lowest BCUT2D eigenvalue weighted by Crippen LogP contribution is -2.63. The summed E-state index contributed by atoms with van der Waals surface area (Å²) in [6, 6.07) is 0. The second kappa shape index (κ2) is 7.93. The number of hydrogen-bond acceptors (Lipinski definition) is 7. The molecule has 4 aliphatic carbocycles. The standard InChI is InChI=1S/C25H36O7/c1-14(26)31-13-21(29)25(30)10-8-19-18-6-5-16-11-17(28)7-9-23(16,3)22(18)20(32-15(2)27)12-24(19,25)4/h16,18-20,22,30H,5-13H2,1-4H3/t16?,18-,19-,20+,22+,23-,24-,25-/m0/s1. The summed E-state index contributed by atoms with van der Waals surface area (Å²) < 4.78 is 10.8. The van der Waals surface area contributed by atoms with Crippen LogP contribution in [0.2, 0.25) is 0 Å². The van der Waals surface area contributed by atoms with Crippen LogP contribution in [0.5, 0.6) is 0 Å². The number of ether oxygens (including phenoxy) is 2. The summed E-state index contributed by atoms with van der Waals surface area (Å²) in [4.78, 5) is 48.6. The highest BCUT2D eigenvalue weighted by Crippen LogP contribution is 2.68. The Hall–Kier alpha value is -1.76. The molecule has 4 fully saturated rings. The first kappa shape index (κ1) is 23.4. The highest BCUT2D eigenvalue weighted by Gasteiger charge is 2.69. The second-order valence-corrected chi connectivity index (χ2v) is 11.2. The average Bonchev–Trinajstić information content (AvgIpc) is 2.97. The Bertz CT molecular complexity index is 836. The van der Waals surface area contributed by atoms with Gasteiger partial charge in [0.2, 0.25) is 5.78 Å². The minimum atomic E-state index is -1.61. The van der Waals surface area contributed by atoms with E-state index in [1.54, 1.807) is 0 Å². The van der Waals surface area contributed by atoms with Gasteiger partial charge in [-0.3, -0.25) is 19.2 Å². The normalized spacial score (nSPS) is 45.3. The molecule has 0 saturated heterocycles. The lowest BCUT2D eigenvalue weighted by molar-refractivity contribution is -0.210. The largest absolute Gasteiger partial charge is 0.462 e. The van der Waals surface area contributed by atoms with Gasteiger partial charge in [0.1, 0.15) is 17.5 Å². The minimum Gasteiger partial charge on any atom is -0.462 e. The van der Waals surface area contributed by atoms with Gasteiger partial charge in [0.25, 0.3) is 0 Å². The highest BCUT2D eigenvalue weighted by molar-refractivity contribution is 5.91. The van der Waals surface area contributed by atoms with Crippen molar-refractivity contribution in [2.24, 2.45) is 34.5 Å². The molecule has 0 spiro atoms. The number of fused-ring (bicyclic) bond motifs is 5. The van der Waals surface area contributed by atoms with Crippen molar-refractivity contribution in [3.63, 3.8) is 0 Å². The van der Waals surface area contributed by atoms with Gasteiger partial charge in [-0.25, -0.2) is 0 Å². The number of ketones is 2. The van der Waals surface area contributed by atoms with E-state index >= 15 is 0 Å². The van der Waals surface area contributed by atoms with Gasteiger partial charge < -0.3 is 14.6 Å². The molecule has 7 heteroatoms. The number of esters is 2. The van der Waals surface area contributed by atoms with Crippen molar-refractivity contribution < 1.29 is 33.8 Å². The molecule has 1 unspecified atom stereocenters. The van der Waals surface area contributed by atoms with E-state index in [9.17, 15) is 24.3 Å². The third kappa shape index (κ3) is 3.42. The van der Waals surface area contributed by atoms with Crippen LogP contribution in [-0.2, 0) is 28.7 Å².